The van der Waals surface area contributed by atoms with Crippen LogP contribution in [0.2, 0.25) is 0 Å². The van der Waals surface area contributed by atoms with E-state index in [1.54, 1.807) is 18.2 Å². The van der Waals surface area contributed by atoms with Gasteiger partial charge in [-0.15, -0.1) is 0 Å². The molecule has 1 fully saturated rings. The molecular formula is C18H23NO8. The van der Waals surface area contributed by atoms with Crippen LogP contribution >= 0.6 is 0 Å². The average Bonchev–Trinajstić information content (AvgIpc) is 2.60. The fourth-order valence-electron chi connectivity index (χ4n) is 3.33. The molecule has 1 saturated heterocycles. The summed E-state index contributed by atoms with van der Waals surface area (Å²) in [4.78, 5) is 23.1. The van der Waals surface area contributed by atoms with Crippen LogP contribution in [0.5, 0.6) is 0 Å². The Balaban J connectivity index is 1.80. The molecule has 0 bridgehead atoms. The molecule has 27 heavy (non-hydrogen) atoms. The number of aliphatic hydroxyl groups is 3. The number of allylic oxidation sites excluding steroid dienone is 1. The Hall–Kier alpha value is -2.20. The summed E-state index contributed by atoms with van der Waals surface area (Å²) < 4.78 is 16.6. The first kappa shape index (κ1) is 19.6. The summed E-state index contributed by atoms with van der Waals surface area (Å²) in [5, 5.41) is 32.2. The van der Waals surface area contributed by atoms with Crippen molar-refractivity contribution in [2.45, 2.75) is 57.0 Å². The lowest BCUT2D eigenvalue weighted by molar-refractivity contribution is -0.258. The van der Waals surface area contributed by atoms with Crippen LogP contribution in [0.3, 0.4) is 0 Å². The number of hydrogen-bond acceptors (Lipinski definition) is 8. The second-order valence-electron chi connectivity index (χ2n) is 6.78. The molecule has 3 aliphatic rings. The van der Waals surface area contributed by atoms with Gasteiger partial charge in [-0.05, 0) is 18.6 Å². The minimum absolute atomic E-state index is 0.235. The van der Waals surface area contributed by atoms with Gasteiger partial charge in [-0.1, -0.05) is 11.6 Å². The molecule has 0 aromatic heterocycles. The molecule has 148 valence electrons. The quantitative estimate of drug-likeness (QED) is 0.457. The molecule has 6 atom stereocenters. The van der Waals surface area contributed by atoms with Crippen molar-refractivity contribution in [3.8, 4) is 0 Å². The Morgan fingerprint density at radius 1 is 1.33 bits per heavy atom. The molecule has 0 spiro atoms. The summed E-state index contributed by atoms with van der Waals surface area (Å²) >= 11 is 0. The van der Waals surface area contributed by atoms with Gasteiger partial charge in [-0.3, -0.25) is 9.59 Å². The van der Waals surface area contributed by atoms with Crippen molar-refractivity contribution in [2.75, 3.05) is 6.61 Å². The lowest BCUT2D eigenvalue weighted by atomic mass is 9.94. The fourth-order valence-corrected chi connectivity index (χ4v) is 3.33. The minimum Gasteiger partial charge on any atom is -0.463 e. The highest BCUT2D eigenvalue weighted by atomic mass is 16.7. The number of rotatable bonds is 4. The van der Waals surface area contributed by atoms with Crippen molar-refractivity contribution < 1.29 is 39.1 Å². The molecule has 0 aromatic rings. The monoisotopic (exact) mass is 381 g/mol. The van der Waals surface area contributed by atoms with Gasteiger partial charge in [0, 0.05) is 13.0 Å². The van der Waals surface area contributed by atoms with Gasteiger partial charge in [0.1, 0.15) is 36.2 Å². The van der Waals surface area contributed by atoms with Crippen LogP contribution in [0.15, 0.2) is 35.1 Å². The SMILES string of the molecule is CC(=O)N[C@H]1[C@H](OC2=C[C@@H]3OC(=O)CC(C)=C3C=C2)O[C@H](CO)[C@@H](O)[C@@H]1O. The molecule has 0 unspecified atom stereocenters. The van der Waals surface area contributed by atoms with Crippen LogP contribution in [0, 0.1) is 0 Å². The molecule has 0 radical (unpaired) electrons. The van der Waals surface area contributed by atoms with Gasteiger partial charge in [0.15, 0.2) is 0 Å². The largest absolute Gasteiger partial charge is 0.463 e. The van der Waals surface area contributed by atoms with Crippen molar-refractivity contribution in [3.05, 3.63) is 35.1 Å². The lowest BCUT2D eigenvalue weighted by Crippen LogP contribution is -2.64. The van der Waals surface area contributed by atoms with Crippen molar-refractivity contribution in [1.82, 2.24) is 5.32 Å². The number of ether oxygens (including phenoxy) is 3. The first-order valence-electron chi connectivity index (χ1n) is 8.65. The molecule has 1 amide bonds. The van der Waals surface area contributed by atoms with Crippen LogP contribution in [0.25, 0.3) is 0 Å². The smallest absolute Gasteiger partial charge is 0.310 e. The second-order valence-corrected chi connectivity index (χ2v) is 6.78. The predicted molar refractivity (Wildman–Crippen MR) is 90.9 cm³/mol. The first-order chi connectivity index (χ1) is 12.8. The average molecular weight is 381 g/mol. The van der Waals surface area contributed by atoms with E-state index >= 15 is 0 Å². The third kappa shape index (κ3) is 4.06. The molecule has 4 N–H and O–H groups in total. The van der Waals surface area contributed by atoms with E-state index in [1.807, 2.05) is 6.92 Å². The fraction of sp³-hybridized carbons (Fsp3) is 0.556. The van der Waals surface area contributed by atoms with Gasteiger partial charge in [-0.25, -0.2) is 0 Å². The molecule has 0 aromatic carbocycles. The van der Waals surface area contributed by atoms with Gasteiger partial charge < -0.3 is 34.8 Å². The Morgan fingerprint density at radius 3 is 2.74 bits per heavy atom. The first-order valence-corrected chi connectivity index (χ1v) is 8.65. The highest BCUT2D eigenvalue weighted by Crippen LogP contribution is 2.31. The van der Waals surface area contributed by atoms with Crippen LogP contribution in [0.1, 0.15) is 20.3 Å². The number of aliphatic hydroxyl groups excluding tert-OH is 3. The van der Waals surface area contributed by atoms with E-state index in [-0.39, 0.29) is 12.4 Å². The number of fused-ring (bicyclic) bond motifs is 1. The van der Waals surface area contributed by atoms with Gasteiger partial charge in [0.2, 0.25) is 12.2 Å². The molecule has 9 heteroatoms. The Kier molecular flexibility index (Phi) is 5.66. The van der Waals surface area contributed by atoms with Crippen molar-refractivity contribution in [3.63, 3.8) is 0 Å². The molecular weight excluding hydrogens is 358 g/mol. The number of amides is 1. The summed E-state index contributed by atoms with van der Waals surface area (Å²) in [5.74, 6) is -0.468. The number of carbonyl (C=O) groups is 2. The molecule has 1 aliphatic carbocycles. The van der Waals surface area contributed by atoms with E-state index in [9.17, 15) is 24.9 Å². The summed E-state index contributed by atoms with van der Waals surface area (Å²) in [6.07, 6.45) is -0.352. The van der Waals surface area contributed by atoms with Crippen molar-refractivity contribution >= 4 is 11.9 Å². The zero-order valence-electron chi connectivity index (χ0n) is 15.0. The standard InChI is InChI=1S/C18H23NO8/c1-8-5-14(22)26-12-6-10(3-4-11(8)12)25-18-15(19-9(2)21)17(24)16(23)13(7-20)27-18/h3-4,6,12-13,15-18,20,23-24H,5,7H2,1-2H3,(H,19,21)/t12-,13+,15+,16+,17+,18+/m0/s1. The van der Waals surface area contributed by atoms with Crippen molar-refractivity contribution in [2.24, 2.45) is 0 Å². The zero-order valence-corrected chi connectivity index (χ0v) is 15.0. The Morgan fingerprint density at radius 2 is 2.07 bits per heavy atom. The van der Waals surface area contributed by atoms with Crippen LogP contribution in [-0.4, -0.2) is 70.6 Å². The third-order valence-electron chi connectivity index (χ3n) is 4.71. The summed E-state index contributed by atoms with van der Waals surface area (Å²) in [6, 6.07) is -1.05. The van der Waals surface area contributed by atoms with Crippen LogP contribution in [-0.2, 0) is 23.8 Å². The highest BCUT2D eigenvalue weighted by Gasteiger charge is 2.46. The van der Waals surface area contributed by atoms with Crippen LogP contribution in [0.4, 0.5) is 0 Å². The van der Waals surface area contributed by atoms with Gasteiger partial charge in [0.05, 0.1) is 13.0 Å². The predicted octanol–water partition coefficient (Wildman–Crippen LogP) is -0.968. The molecule has 2 aliphatic heterocycles. The maximum Gasteiger partial charge on any atom is 0.310 e. The minimum atomic E-state index is -1.40. The van der Waals surface area contributed by atoms with Gasteiger partial charge in [0.25, 0.3) is 0 Å². The lowest BCUT2D eigenvalue weighted by Gasteiger charge is -2.42. The van der Waals surface area contributed by atoms with Gasteiger partial charge in [-0.2, -0.15) is 0 Å². The van der Waals surface area contributed by atoms with Crippen molar-refractivity contribution in [1.29, 1.82) is 0 Å². The number of esters is 1. The van der Waals surface area contributed by atoms with Crippen LogP contribution < -0.4 is 5.32 Å². The molecule has 2 heterocycles. The maximum atomic E-state index is 11.6. The van der Waals surface area contributed by atoms with E-state index in [2.05, 4.69) is 5.32 Å². The second kappa shape index (κ2) is 7.81. The molecule has 9 nitrogen and oxygen atoms in total. The van der Waals surface area contributed by atoms with E-state index in [0.29, 0.717) is 5.76 Å². The normalized spacial score (nSPS) is 35.9. The topological polar surface area (TPSA) is 135 Å². The van der Waals surface area contributed by atoms with E-state index in [4.69, 9.17) is 14.2 Å². The maximum absolute atomic E-state index is 11.6. The summed E-state index contributed by atoms with van der Waals surface area (Å²) in [6.45, 7) is 2.58. The zero-order chi connectivity index (χ0) is 19.7. The van der Waals surface area contributed by atoms with E-state index < -0.39 is 49.3 Å². The van der Waals surface area contributed by atoms with E-state index in [1.165, 1.54) is 6.92 Å². The summed E-state index contributed by atoms with van der Waals surface area (Å²) in [5.41, 5.74) is 1.78. The Labute approximate surface area is 155 Å². The van der Waals surface area contributed by atoms with Gasteiger partial charge >= 0.3 is 5.97 Å². The highest BCUT2D eigenvalue weighted by molar-refractivity contribution is 5.76. The Bertz CT molecular complexity index is 712. The number of carbonyl (C=O) groups excluding carboxylic acids is 2. The number of hydrogen-bond donors (Lipinski definition) is 4. The number of nitrogens with one attached hydrogen (secondary N) is 1. The third-order valence-corrected chi connectivity index (χ3v) is 4.71. The molecule has 3 rings (SSSR count). The molecule has 0 saturated carbocycles. The van der Waals surface area contributed by atoms with E-state index in [0.717, 1.165) is 11.1 Å². The summed E-state index contributed by atoms with van der Waals surface area (Å²) in [7, 11) is 0.